The summed E-state index contributed by atoms with van der Waals surface area (Å²) in [4.78, 5) is 0. The molecule has 0 heterocycles. The molecule has 27 heavy (non-hydrogen) atoms. The number of methoxy groups -OCH3 is 1. The standard InChI is InChI=1S/C23H41NO3/c1-6-23(24,17-25)14-12-20-10-11-21(16-22(20)26-5)27-15-13-19(4)9-7-8-18(2)3/h10-11,16,18-19,25H,6-9,12-15,17,24H2,1-5H3. The molecule has 0 aliphatic carbocycles. The van der Waals surface area contributed by atoms with E-state index in [-0.39, 0.29) is 6.61 Å². The number of nitrogens with two attached hydrogens (primary N) is 1. The summed E-state index contributed by atoms with van der Waals surface area (Å²) in [6.45, 7) is 9.62. The Morgan fingerprint density at radius 2 is 1.89 bits per heavy atom. The minimum atomic E-state index is -0.522. The van der Waals surface area contributed by atoms with Gasteiger partial charge in [-0.25, -0.2) is 0 Å². The molecule has 0 spiro atoms. The minimum Gasteiger partial charge on any atom is -0.496 e. The highest BCUT2D eigenvalue weighted by molar-refractivity contribution is 5.41. The Kier molecular flexibility index (Phi) is 10.8. The summed E-state index contributed by atoms with van der Waals surface area (Å²) in [5.74, 6) is 3.16. The van der Waals surface area contributed by atoms with Gasteiger partial charge in [0.1, 0.15) is 11.5 Å². The molecule has 156 valence electrons. The maximum absolute atomic E-state index is 9.48. The van der Waals surface area contributed by atoms with Crippen LogP contribution in [0.3, 0.4) is 0 Å². The van der Waals surface area contributed by atoms with Crippen molar-refractivity contribution < 1.29 is 14.6 Å². The lowest BCUT2D eigenvalue weighted by Gasteiger charge is -2.25. The summed E-state index contributed by atoms with van der Waals surface area (Å²) < 4.78 is 11.5. The first-order chi connectivity index (χ1) is 12.8. The fraction of sp³-hybridized carbons (Fsp3) is 0.739. The zero-order chi connectivity index (χ0) is 20.3. The van der Waals surface area contributed by atoms with Gasteiger partial charge in [-0.2, -0.15) is 0 Å². The molecule has 0 saturated carbocycles. The van der Waals surface area contributed by atoms with Crippen molar-refractivity contribution in [3.05, 3.63) is 23.8 Å². The van der Waals surface area contributed by atoms with Crippen LogP contribution in [0.5, 0.6) is 11.5 Å². The van der Waals surface area contributed by atoms with E-state index in [0.717, 1.165) is 55.3 Å². The van der Waals surface area contributed by atoms with Gasteiger partial charge in [-0.05, 0) is 49.1 Å². The van der Waals surface area contributed by atoms with Gasteiger partial charge < -0.3 is 20.3 Å². The maximum Gasteiger partial charge on any atom is 0.125 e. The van der Waals surface area contributed by atoms with E-state index in [0.29, 0.717) is 5.92 Å². The van der Waals surface area contributed by atoms with E-state index in [1.807, 2.05) is 25.1 Å². The first-order valence-corrected chi connectivity index (χ1v) is 10.5. The lowest BCUT2D eigenvalue weighted by Crippen LogP contribution is -2.43. The minimum absolute atomic E-state index is 0.00234. The van der Waals surface area contributed by atoms with Crippen LogP contribution in [0.2, 0.25) is 0 Å². The monoisotopic (exact) mass is 379 g/mol. The average Bonchev–Trinajstić information content (AvgIpc) is 2.66. The van der Waals surface area contributed by atoms with Crippen LogP contribution < -0.4 is 15.2 Å². The van der Waals surface area contributed by atoms with E-state index < -0.39 is 5.54 Å². The van der Waals surface area contributed by atoms with Gasteiger partial charge in [0.2, 0.25) is 0 Å². The van der Waals surface area contributed by atoms with Crippen LogP contribution in [0.1, 0.15) is 71.8 Å². The highest BCUT2D eigenvalue weighted by atomic mass is 16.5. The smallest absolute Gasteiger partial charge is 0.125 e. The summed E-state index contributed by atoms with van der Waals surface area (Å²) in [7, 11) is 1.68. The van der Waals surface area contributed by atoms with Crippen molar-refractivity contribution in [3.8, 4) is 11.5 Å². The average molecular weight is 380 g/mol. The molecule has 4 heteroatoms. The highest BCUT2D eigenvalue weighted by Gasteiger charge is 2.22. The first-order valence-electron chi connectivity index (χ1n) is 10.5. The van der Waals surface area contributed by atoms with Gasteiger partial charge >= 0.3 is 0 Å². The molecule has 1 rings (SSSR count). The zero-order valence-electron chi connectivity index (χ0n) is 18.1. The van der Waals surface area contributed by atoms with Crippen molar-refractivity contribution in [1.29, 1.82) is 0 Å². The van der Waals surface area contributed by atoms with Crippen LogP contribution in [0.15, 0.2) is 18.2 Å². The van der Waals surface area contributed by atoms with Crippen LogP contribution in [0.4, 0.5) is 0 Å². The second kappa shape index (κ2) is 12.2. The van der Waals surface area contributed by atoms with Gasteiger partial charge in [0.15, 0.2) is 0 Å². The summed E-state index contributed by atoms with van der Waals surface area (Å²) in [5.41, 5.74) is 6.77. The number of benzene rings is 1. The fourth-order valence-electron chi connectivity index (χ4n) is 3.17. The third-order valence-corrected chi connectivity index (χ3v) is 5.53. The van der Waals surface area contributed by atoms with Crippen LogP contribution in [-0.2, 0) is 6.42 Å². The second-order valence-corrected chi connectivity index (χ2v) is 8.41. The Hall–Kier alpha value is -1.26. The van der Waals surface area contributed by atoms with Crippen LogP contribution >= 0.6 is 0 Å². The predicted octanol–water partition coefficient (Wildman–Crippen LogP) is 4.96. The number of aryl methyl sites for hydroxylation is 1. The zero-order valence-corrected chi connectivity index (χ0v) is 18.1. The lowest BCUT2D eigenvalue weighted by molar-refractivity contribution is 0.182. The molecule has 0 aliphatic rings. The van der Waals surface area contributed by atoms with Crippen molar-refractivity contribution in [2.75, 3.05) is 20.3 Å². The Balaban J connectivity index is 2.49. The molecular weight excluding hydrogens is 338 g/mol. The topological polar surface area (TPSA) is 64.7 Å². The van der Waals surface area contributed by atoms with Crippen molar-refractivity contribution in [2.45, 2.75) is 78.2 Å². The molecule has 4 nitrogen and oxygen atoms in total. The molecule has 0 bridgehead atoms. The molecule has 2 unspecified atom stereocenters. The summed E-state index contributed by atoms with van der Waals surface area (Å²) >= 11 is 0. The van der Waals surface area contributed by atoms with Crippen LogP contribution in [0, 0.1) is 11.8 Å². The molecule has 0 amide bonds. The summed E-state index contributed by atoms with van der Waals surface area (Å²) in [6, 6.07) is 6.01. The number of rotatable bonds is 14. The maximum atomic E-state index is 9.48. The van der Waals surface area contributed by atoms with E-state index in [4.69, 9.17) is 15.2 Å². The van der Waals surface area contributed by atoms with Crippen molar-refractivity contribution in [1.82, 2.24) is 0 Å². The third-order valence-electron chi connectivity index (χ3n) is 5.53. The molecule has 2 atom stereocenters. The normalized spacial score (nSPS) is 14.8. The fourth-order valence-corrected chi connectivity index (χ4v) is 3.17. The lowest BCUT2D eigenvalue weighted by atomic mass is 9.90. The number of aliphatic hydroxyl groups is 1. The largest absolute Gasteiger partial charge is 0.496 e. The molecule has 0 aliphatic heterocycles. The Bertz CT molecular complexity index is 526. The van der Waals surface area contributed by atoms with E-state index in [1.165, 1.54) is 19.3 Å². The van der Waals surface area contributed by atoms with Gasteiger partial charge in [0.25, 0.3) is 0 Å². The van der Waals surface area contributed by atoms with Crippen molar-refractivity contribution in [3.63, 3.8) is 0 Å². The van der Waals surface area contributed by atoms with Gasteiger partial charge in [-0.3, -0.25) is 0 Å². The predicted molar refractivity (Wildman–Crippen MR) is 114 cm³/mol. The number of hydrogen-bond donors (Lipinski definition) is 2. The molecule has 0 saturated heterocycles. The first kappa shape index (κ1) is 23.8. The quantitative estimate of drug-likeness (QED) is 0.479. The Morgan fingerprint density at radius 1 is 1.15 bits per heavy atom. The molecule has 0 aromatic heterocycles. The number of hydrogen-bond acceptors (Lipinski definition) is 4. The van der Waals surface area contributed by atoms with Gasteiger partial charge in [0.05, 0.1) is 20.3 Å². The third kappa shape index (κ3) is 8.98. The number of aliphatic hydroxyl groups excluding tert-OH is 1. The van der Waals surface area contributed by atoms with Crippen LogP contribution in [0.25, 0.3) is 0 Å². The Labute approximate surface area is 166 Å². The van der Waals surface area contributed by atoms with Gasteiger partial charge in [-0.1, -0.05) is 53.0 Å². The highest BCUT2D eigenvalue weighted by Crippen LogP contribution is 2.28. The Morgan fingerprint density at radius 3 is 2.48 bits per heavy atom. The van der Waals surface area contributed by atoms with Crippen molar-refractivity contribution >= 4 is 0 Å². The molecule has 1 aromatic carbocycles. The van der Waals surface area contributed by atoms with Gasteiger partial charge in [-0.15, -0.1) is 0 Å². The van der Waals surface area contributed by atoms with Gasteiger partial charge in [0, 0.05) is 11.6 Å². The molecule has 3 N–H and O–H groups in total. The van der Waals surface area contributed by atoms with Crippen molar-refractivity contribution in [2.24, 2.45) is 17.6 Å². The van der Waals surface area contributed by atoms with Crippen LogP contribution in [-0.4, -0.2) is 31.0 Å². The molecular formula is C23H41NO3. The molecule has 1 aromatic rings. The van der Waals surface area contributed by atoms with E-state index in [2.05, 4.69) is 20.8 Å². The molecule has 0 fully saturated rings. The summed E-state index contributed by atoms with van der Waals surface area (Å²) in [6.07, 6.45) is 7.21. The van der Waals surface area contributed by atoms with E-state index in [9.17, 15) is 5.11 Å². The summed E-state index contributed by atoms with van der Waals surface area (Å²) in [5, 5.41) is 9.48. The number of ether oxygens (including phenoxy) is 2. The SMILES string of the molecule is CCC(N)(CO)CCc1ccc(OCCC(C)CCCC(C)C)cc1OC. The van der Waals surface area contributed by atoms with E-state index in [1.54, 1.807) is 7.11 Å². The second-order valence-electron chi connectivity index (χ2n) is 8.41. The van der Waals surface area contributed by atoms with E-state index >= 15 is 0 Å². The molecule has 0 radical (unpaired) electrons.